The van der Waals surface area contributed by atoms with Crippen molar-refractivity contribution in [1.82, 2.24) is 0 Å². The lowest BCUT2D eigenvalue weighted by Crippen LogP contribution is -1.76. The van der Waals surface area contributed by atoms with Gasteiger partial charge in [0.2, 0.25) is 0 Å². The van der Waals surface area contributed by atoms with Gasteiger partial charge < -0.3 is 0 Å². The van der Waals surface area contributed by atoms with Gasteiger partial charge in [0.15, 0.2) is 0 Å². The summed E-state index contributed by atoms with van der Waals surface area (Å²) in [6, 6.07) is 4.47. The molecular weight excluding hydrogens is 151 g/mol. The van der Waals surface area contributed by atoms with Crippen molar-refractivity contribution in [3.05, 3.63) is 41.2 Å². The first-order valence-corrected chi connectivity index (χ1v) is 3.19. The Labute approximate surface area is 63.9 Å². The molecule has 1 aromatic carbocycles. The van der Waals surface area contributed by atoms with Crippen molar-refractivity contribution in [1.29, 1.82) is 0 Å². The summed E-state index contributed by atoms with van der Waals surface area (Å²) in [5, 5.41) is 0.136. The molecule has 0 spiro atoms. The number of hydrogen-bond donors (Lipinski definition) is 0. The van der Waals surface area contributed by atoms with E-state index in [1.54, 1.807) is 12.1 Å². The summed E-state index contributed by atoms with van der Waals surface area (Å²) in [4.78, 5) is 0. The highest BCUT2D eigenvalue weighted by molar-refractivity contribution is 6.30. The highest BCUT2D eigenvalue weighted by Crippen LogP contribution is 2.16. The molecule has 0 heterocycles. The molecule has 0 unspecified atom stereocenters. The molecule has 2 heteroatoms. The third-order valence-electron chi connectivity index (χ3n) is 1.18. The second-order valence-corrected chi connectivity index (χ2v) is 2.28. The predicted octanol–water partition coefficient (Wildman–Crippen LogP) is 3.12. The molecule has 0 radical (unpaired) electrons. The fourth-order valence-electron chi connectivity index (χ4n) is 0.639. The van der Waals surface area contributed by atoms with Crippen LogP contribution in [0, 0.1) is 5.82 Å². The third kappa shape index (κ3) is 1.36. The van der Waals surface area contributed by atoms with E-state index in [1.165, 1.54) is 12.1 Å². The summed E-state index contributed by atoms with van der Waals surface area (Å²) in [6.45, 7) is 3.52. The van der Waals surface area contributed by atoms with Gasteiger partial charge in [0.1, 0.15) is 5.82 Å². The molecule has 0 fully saturated rings. The predicted molar refractivity (Wildman–Crippen MR) is 41.5 cm³/mol. The standard InChI is InChI=1S/C8H6ClF/c1-2-6-3-4-8(10)7(9)5-6/h2-5H,1H2. The molecule has 52 valence electrons. The van der Waals surface area contributed by atoms with E-state index in [9.17, 15) is 4.39 Å². The molecule has 0 saturated carbocycles. The van der Waals surface area contributed by atoms with E-state index < -0.39 is 5.82 Å². The molecule has 10 heavy (non-hydrogen) atoms. The smallest absolute Gasteiger partial charge is 0.141 e. The van der Waals surface area contributed by atoms with Gasteiger partial charge in [0.05, 0.1) is 5.02 Å². The zero-order chi connectivity index (χ0) is 7.56. The first kappa shape index (κ1) is 7.29. The van der Waals surface area contributed by atoms with Crippen molar-refractivity contribution in [2.24, 2.45) is 0 Å². The van der Waals surface area contributed by atoms with Crippen molar-refractivity contribution in [2.75, 3.05) is 0 Å². The van der Waals surface area contributed by atoms with Gasteiger partial charge >= 0.3 is 0 Å². The van der Waals surface area contributed by atoms with E-state index in [4.69, 9.17) is 11.6 Å². The summed E-state index contributed by atoms with van der Waals surface area (Å²) < 4.78 is 12.5. The zero-order valence-electron chi connectivity index (χ0n) is 5.27. The largest absolute Gasteiger partial charge is 0.205 e. The number of benzene rings is 1. The van der Waals surface area contributed by atoms with Gasteiger partial charge in [0, 0.05) is 0 Å². The normalized spacial score (nSPS) is 9.40. The quantitative estimate of drug-likeness (QED) is 0.586. The first-order valence-electron chi connectivity index (χ1n) is 2.81. The molecule has 0 bridgehead atoms. The maximum absolute atomic E-state index is 12.5. The van der Waals surface area contributed by atoms with Crippen LogP contribution in [-0.4, -0.2) is 0 Å². The van der Waals surface area contributed by atoms with Crippen molar-refractivity contribution < 1.29 is 4.39 Å². The highest BCUT2D eigenvalue weighted by atomic mass is 35.5. The van der Waals surface area contributed by atoms with Crippen molar-refractivity contribution in [3.8, 4) is 0 Å². The highest BCUT2D eigenvalue weighted by Gasteiger charge is 1.96. The molecule has 0 nitrogen and oxygen atoms in total. The third-order valence-corrected chi connectivity index (χ3v) is 1.47. The van der Waals surface area contributed by atoms with Gasteiger partial charge in [-0.15, -0.1) is 0 Å². The van der Waals surface area contributed by atoms with E-state index in [0.717, 1.165) is 5.56 Å². The molecule has 0 aliphatic rings. The Morgan fingerprint density at radius 2 is 2.20 bits per heavy atom. The SMILES string of the molecule is C=Cc1ccc(F)c(Cl)c1. The minimum absolute atomic E-state index is 0.136. The molecule has 0 aliphatic heterocycles. The van der Waals surface area contributed by atoms with Crippen LogP contribution in [0.3, 0.4) is 0 Å². The summed E-state index contributed by atoms with van der Waals surface area (Å²) in [7, 11) is 0. The van der Waals surface area contributed by atoms with Crippen LogP contribution in [0.25, 0.3) is 6.08 Å². The van der Waals surface area contributed by atoms with Crippen LogP contribution in [0.2, 0.25) is 5.02 Å². The number of hydrogen-bond acceptors (Lipinski definition) is 0. The Bertz CT molecular complexity index is 255. The zero-order valence-corrected chi connectivity index (χ0v) is 6.03. The van der Waals surface area contributed by atoms with Gasteiger partial charge in [-0.25, -0.2) is 4.39 Å². The van der Waals surface area contributed by atoms with E-state index >= 15 is 0 Å². The topological polar surface area (TPSA) is 0 Å². The molecule has 0 N–H and O–H groups in total. The van der Waals surface area contributed by atoms with Crippen LogP contribution < -0.4 is 0 Å². The maximum atomic E-state index is 12.5. The number of halogens is 2. The van der Waals surface area contributed by atoms with Crippen molar-refractivity contribution in [2.45, 2.75) is 0 Å². The van der Waals surface area contributed by atoms with Crippen molar-refractivity contribution in [3.63, 3.8) is 0 Å². The maximum Gasteiger partial charge on any atom is 0.141 e. The summed E-state index contributed by atoms with van der Waals surface area (Å²) in [5.41, 5.74) is 0.825. The van der Waals surface area contributed by atoms with Gasteiger partial charge in [-0.3, -0.25) is 0 Å². The Balaban J connectivity index is 3.16. The Morgan fingerprint density at radius 1 is 1.50 bits per heavy atom. The lowest BCUT2D eigenvalue weighted by molar-refractivity contribution is 0.628. The van der Waals surface area contributed by atoms with Crippen LogP contribution >= 0.6 is 11.6 Å². The average molecular weight is 157 g/mol. The Morgan fingerprint density at radius 3 is 2.70 bits per heavy atom. The van der Waals surface area contributed by atoms with E-state index in [0.29, 0.717) is 0 Å². The monoisotopic (exact) mass is 156 g/mol. The van der Waals surface area contributed by atoms with E-state index in [1.807, 2.05) is 0 Å². The molecule has 0 saturated heterocycles. The summed E-state index contributed by atoms with van der Waals surface area (Å²) >= 11 is 5.47. The second kappa shape index (κ2) is 2.84. The number of rotatable bonds is 1. The van der Waals surface area contributed by atoms with Gasteiger partial charge in [-0.2, -0.15) is 0 Å². The van der Waals surface area contributed by atoms with E-state index in [2.05, 4.69) is 6.58 Å². The molecule has 0 aromatic heterocycles. The molecule has 0 aliphatic carbocycles. The lowest BCUT2D eigenvalue weighted by Gasteiger charge is -1.94. The molecular formula is C8H6ClF. The molecule has 0 atom stereocenters. The fourth-order valence-corrected chi connectivity index (χ4v) is 0.828. The van der Waals surface area contributed by atoms with Gasteiger partial charge in [-0.1, -0.05) is 30.3 Å². The van der Waals surface area contributed by atoms with E-state index in [-0.39, 0.29) is 5.02 Å². The summed E-state index contributed by atoms with van der Waals surface area (Å²) in [5.74, 6) is -0.396. The van der Waals surface area contributed by atoms with Crippen molar-refractivity contribution >= 4 is 17.7 Å². The Hall–Kier alpha value is -0.820. The second-order valence-electron chi connectivity index (χ2n) is 1.88. The van der Waals surface area contributed by atoms with Crippen LogP contribution in [0.15, 0.2) is 24.8 Å². The summed E-state index contributed by atoms with van der Waals surface area (Å²) in [6.07, 6.45) is 1.62. The first-order chi connectivity index (χ1) is 4.74. The van der Waals surface area contributed by atoms with Crippen LogP contribution in [0.5, 0.6) is 0 Å². The van der Waals surface area contributed by atoms with Crippen LogP contribution in [0.1, 0.15) is 5.56 Å². The average Bonchev–Trinajstić information content (AvgIpc) is 1.95. The van der Waals surface area contributed by atoms with Crippen LogP contribution in [-0.2, 0) is 0 Å². The van der Waals surface area contributed by atoms with Crippen LogP contribution in [0.4, 0.5) is 4.39 Å². The lowest BCUT2D eigenvalue weighted by atomic mass is 10.2. The molecule has 1 rings (SSSR count). The minimum atomic E-state index is -0.396. The van der Waals surface area contributed by atoms with Gasteiger partial charge in [0.25, 0.3) is 0 Å². The molecule has 0 amide bonds. The Kier molecular flexibility index (Phi) is 2.07. The minimum Gasteiger partial charge on any atom is -0.205 e. The molecule has 1 aromatic rings. The van der Waals surface area contributed by atoms with Gasteiger partial charge in [-0.05, 0) is 17.7 Å². The fraction of sp³-hybridized carbons (Fsp3) is 0.